The first-order chi connectivity index (χ1) is 15.1. The molecule has 0 spiro atoms. The van der Waals surface area contributed by atoms with Crippen molar-refractivity contribution in [2.75, 3.05) is 5.73 Å². The molecule has 1 heterocycles. The van der Waals surface area contributed by atoms with Crippen LogP contribution in [0.2, 0.25) is 0 Å². The molecule has 32 heavy (non-hydrogen) atoms. The van der Waals surface area contributed by atoms with Gasteiger partial charge in [0.05, 0.1) is 24.5 Å². The minimum absolute atomic E-state index is 0.0409. The molecule has 7 nitrogen and oxygen atoms in total. The van der Waals surface area contributed by atoms with Gasteiger partial charge < -0.3 is 16.8 Å². The van der Waals surface area contributed by atoms with Gasteiger partial charge in [0, 0.05) is 11.3 Å². The summed E-state index contributed by atoms with van der Waals surface area (Å²) in [5, 5.41) is 2.85. The van der Waals surface area contributed by atoms with E-state index in [9.17, 15) is 14.0 Å². The van der Waals surface area contributed by atoms with Crippen LogP contribution in [0.4, 0.5) is 10.1 Å². The van der Waals surface area contributed by atoms with Gasteiger partial charge in [-0.1, -0.05) is 25.5 Å². The quantitative estimate of drug-likeness (QED) is 0.573. The standard InChI is InChI=1S/C24H30FN5O2/c1-4-8-24(3)13-21(31)30(23(27)29-24)14-16-9-18(11-19(25)10-16)22(32)28-15(2)17-6-5-7-20(26)12-17/h5-7,9-12,15H,4,8,13-14,26H2,1-3H3,(H2,27,29)(H,28,32). The lowest BCUT2D eigenvalue weighted by Gasteiger charge is -2.35. The Balaban J connectivity index is 1.77. The lowest BCUT2D eigenvalue weighted by Crippen LogP contribution is -2.50. The van der Waals surface area contributed by atoms with Gasteiger partial charge in [-0.05, 0) is 61.7 Å². The number of halogens is 1. The van der Waals surface area contributed by atoms with Crippen molar-refractivity contribution in [1.82, 2.24) is 10.2 Å². The first kappa shape index (κ1) is 23.2. The van der Waals surface area contributed by atoms with Crippen molar-refractivity contribution < 1.29 is 14.0 Å². The number of hydrogen-bond donors (Lipinski definition) is 3. The Kier molecular flexibility index (Phi) is 6.81. The van der Waals surface area contributed by atoms with Gasteiger partial charge in [-0.3, -0.25) is 14.5 Å². The normalized spacial score (nSPS) is 19.4. The highest BCUT2D eigenvalue weighted by Crippen LogP contribution is 2.28. The molecular weight excluding hydrogens is 409 g/mol. The Labute approximate surface area is 187 Å². The first-order valence-corrected chi connectivity index (χ1v) is 10.7. The Morgan fingerprint density at radius 3 is 2.69 bits per heavy atom. The van der Waals surface area contributed by atoms with Crippen LogP contribution in [0.3, 0.4) is 0 Å². The van der Waals surface area contributed by atoms with Gasteiger partial charge >= 0.3 is 0 Å². The number of anilines is 1. The highest BCUT2D eigenvalue weighted by molar-refractivity contribution is 5.99. The number of nitrogens with two attached hydrogens (primary N) is 2. The zero-order valence-corrected chi connectivity index (χ0v) is 18.7. The molecule has 2 aromatic rings. The van der Waals surface area contributed by atoms with Crippen LogP contribution in [0.1, 0.15) is 67.6 Å². The van der Waals surface area contributed by atoms with Crippen LogP contribution in [0.5, 0.6) is 0 Å². The smallest absolute Gasteiger partial charge is 0.251 e. The summed E-state index contributed by atoms with van der Waals surface area (Å²) in [5.41, 5.74) is 13.4. The summed E-state index contributed by atoms with van der Waals surface area (Å²) in [5.74, 6) is -1.05. The Morgan fingerprint density at radius 1 is 1.28 bits per heavy atom. The van der Waals surface area contributed by atoms with Gasteiger partial charge in [0.1, 0.15) is 5.82 Å². The van der Waals surface area contributed by atoms with E-state index >= 15 is 0 Å². The van der Waals surface area contributed by atoms with E-state index in [1.807, 2.05) is 26.8 Å². The van der Waals surface area contributed by atoms with Crippen LogP contribution in [-0.4, -0.2) is 28.2 Å². The van der Waals surface area contributed by atoms with E-state index in [2.05, 4.69) is 10.3 Å². The van der Waals surface area contributed by atoms with Crippen LogP contribution in [0.25, 0.3) is 0 Å². The lowest BCUT2D eigenvalue weighted by molar-refractivity contribution is -0.130. The summed E-state index contributed by atoms with van der Waals surface area (Å²) in [4.78, 5) is 31.3. The van der Waals surface area contributed by atoms with E-state index in [0.717, 1.165) is 18.4 Å². The molecule has 8 heteroatoms. The summed E-state index contributed by atoms with van der Waals surface area (Å²) in [6.07, 6.45) is 1.88. The number of aliphatic imine (C=N–C) groups is 1. The molecule has 0 radical (unpaired) electrons. The molecule has 0 saturated carbocycles. The molecule has 0 aromatic heterocycles. The maximum atomic E-state index is 14.3. The minimum Gasteiger partial charge on any atom is -0.399 e. The van der Waals surface area contributed by atoms with Gasteiger partial charge in [0.2, 0.25) is 5.91 Å². The average Bonchev–Trinajstić information content (AvgIpc) is 2.70. The fraction of sp³-hybridized carbons (Fsp3) is 0.375. The monoisotopic (exact) mass is 439 g/mol. The fourth-order valence-corrected chi connectivity index (χ4v) is 4.02. The average molecular weight is 440 g/mol. The maximum Gasteiger partial charge on any atom is 0.251 e. The molecule has 5 N–H and O–H groups in total. The van der Waals surface area contributed by atoms with Crippen LogP contribution in [0, 0.1) is 5.82 Å². The van der Waals surface area contributed by atoms with E-state index in [4.69, 9.17) is 11.5 Å². The molecule has 0 saturated heterocycles. The second-order valence-corrected chi connectivity index (χ2v) is 8.59. The first-order valence-electron chi connectivity index (χ1n) is 10.7. The second-order valence-electron chi connectivity index (χ2n) is 8.59. The number of nitrogen functional groups attached to an aromatic ring is 1. The topological polar surface area (TPSA) is 114 Å². The van der Waals surface area contributed by atoms with Gasteiger partial charge in [0.15, 0.2) is 5.96 Å². The van der Waals surface area contributed by atoms with Crippen molar-refractivity contribution in [1.29, 1.82) is 0 Å². The molecule has 0 fully saturated rings. The zero-order valence-electron chi connectivity index (χ0n) is 18.7. The van der Waals surface area contributed by atoms with Gasteiger partial charge in [-0.25, -0.2) is 9.38 Å². The molecule has 2 amide bonds. The van der Waals surface area contributed by atoms with Crippen molar-refractivity contribution in [3.8, 4) is 0 Å². The van der Waals surface area contributed by atoms with E-state index in [1.165, 1.54) is 17.0 Å². The highest BCUT2D eigenvalue weighted by Gasteiger charge is 2.35. The fourth-order valence-electron chi connectivity index (χ4n) is 4.02. The highest BCUT2D eigenvalue weighted by atomic mass is 19.1. The lowest BCUT2D eigenvalue weighted by atomic mass is 9.91. The summed E-state index contributed by atoms with van der Waals surface area (Å²) in [6, 6.07) is 10.9. The van der Waals surface area contributed by atoms with Crippen molar-refractivity contribution >= 4 is 23.5 Å². The maximum absolute atomic E-state index is 14.3. The zero-order chi connectivity index (χ0) is 23.5. The van der Waals surface area contributed by atoms with E-state index in [0.29, 0.717) is 11.3 Å². The Hall–Kier alpha value is -3.42. The number of amides is 2. The van der Waals surface area contributed by atoms with Crippen LogP contribution >= 0.6 is 0 Å². The van der Waals surface area contributed by atoms with Gasteiger partial charge in [-0.15, -0.1) is 0 Å². The predicted octanol–water partition coefficient (Wildman–Crippen LogP) is 3.50. The molecule has 1 aliphatic rings. The van der Waals surface area contributed by atoms with Crippen molar-refractivity contribution in [3.63, 3.8) is 0 Å². The number of hydrogen-bond acceptors (Lipinski definition) is 5. The van der Waals surface area contributed by atoms with E-state index in [-0.39, 0.29) is 36.4 Å². The van der Waals surface area contributed by atoms with Gasteiger partial charge in [-0.2, -0.15) is 0 Å². The number of guanidine groups is 1. The van der Waals surface area contributed by atoms with Crippen LogP contribution in [-0.2, 0) is 11.3 Å². The second kappa shape index (κ2) is 9.38. The van der Waals surface area contributed by atoms with E-state index < -0.39 is 17.3 Å². The Morgan fingerprint density at radius 2 is 2.03 bits per heavy atom. The molecule has 170 valence electrons. The molecule has 0 bridgehead atoms. The number of carbonyl (C=O) groups is 2. The molecule has 3 rings (SSSR count). The molecule has 2 atom stereocenters. The summed E-state index contributed by atoms with van der Waals surface area (Å²) in [7, 11) is 0. The largest absolute Gasteiger partial charge is 0.399 e. The Bertz CT molecular complexity index is 1050. The summed E-state index contributed by atoms with van der Waals surface area (Å²) in [6.45, 7) is 5.80. The molecule has 2 unspecified atom stereocenters. The van der Waals surface area contributed by atoms with Gasteiger partial charge in [0.25, 0.3) is 5.91 Å². The number of carbonyl (C=O) groups excluding carboxylic acids is 2. The number of nitrogens with one attached hydrogen (secondary N) is 1. The predicted molar refractivity (Wildman–Crippen MR) is 123 cm³/mol. The SMILES string of the molecule is CCCC1(C)CC(=O)N(Cc2cc(F)cc(C(=O)NC(C)c3cccc(N)c3)c2)C(N)=N1. The van der Waals surface area contributed by atoms with Crippen molar-refractivity contribution in [2.45, 2.75) is 58.2 Å². The molecule has 1 aliphatic heterocycles. The number of benzene rings is 2. The third-order valence-corrected chi connectivity index (χ3v) is 5.60. The minimum atomic E-state index is -0.569. The molecule has 2 aromatic carbocycles. The van der Waals surface area contributed by atoms with Crippen molar-refractivity contribution in [2.24, 2.45) is 10.7 Å². The number of nitrogens with zero attached hydrogens (tertiary/aromatic N) is 2. The van der Waals surface area contributed by atoms with E-state index in [1.54, 1.807) is 24.3 Å². The third-order valence-electron chi connectivity index (χ3n) is 5.60. The van der Waals surface area contributed by atoms with Crippen LogP contribution < -0.4 is 16.8 Å². The molecular formula is C24H30FN5O2. The summed E-state index contributed by atoms with van der Waals surface area (Å²) >= 11 is 0. The summed E-state index contributed by atoms with van der Waals surface area (Å²) < 4.78 is 14.3. The van der Waals surface area contributed by atoms with Crippen LogP contribution in [0.15, 0.2) is 47.5 Å². The molecule has 0 aliphatic carbocycles. The van der Waals surface area contributed by atoms with Crippen molar-refractivity contribution in [3.05, 3.63) is 65.0 Å². The number of rotatable bonds is 7. The third kappa shape index (κ3) is 5.43.